The molecule has 43 heavy (non-hydrogen) atoms. The van der Waals surface area contributed by atoms with Crippen LogP contribution in [0.15, 0.2) is 117 Å². The molecule has 4 aromatic rings. The molecule has 0 bridgehead atoms. The maximum Gasteiger partial charge on any atom is 2.00 e. The maximum absolute atomic E-state index is 9.75. The number of para-hydroxylation sites is 4. The van der Waals surface area contributed by atoms with Crippen molar-refractivity contribution in [3.05, 3.63) is 119 Å². The number of rotatable bonds is 0. The fraction of sp³-hybridized carbons (Fsp3) is 0. The van der Waals surface area contributed by atoms with E-state index in [4.69, 9.17) is 20.0 Å². The molecule has 15 heteroatoms. The third-order valence-electron chi connectivity index (χ3n) is 5.12. The molecule has 0 spiro atoms. The molecule has 0 fully saturated rings. The summed E-state index contributed by atoms with van der Waals surface area (Å²) in [5, 5.41) is 0. The summed E-state index contributed by atoms with van der Waals surface area (Å²) in [7, 11) is -12.0. The number of nitrogens with zero attached hydrogens (tertiary/aromatic N) is 4. The Morgan fingerprint density at radius 2 is 0.488 bits per heavy atom. The first kappa shape index (κ1) is 35.0. The summed E-state index contributed by atoms with van der Waals surface area (Å²) < 4.78 is 78.0. The number of hydrogen-bond donors (Lipinski definition) is 0. The van der Waals surface area contributed by atoms with Crippen LogP contribution in [0.2, 0.25) is 0 Å². The Labute approximate surface area is 255 Å². The molecule has 0 N–H and O–H groups in total. The van der Waals surface area contributed by atoms with Gasteiger partial charge >= 0.3 is 34.9 Å². The molecule has 5 rings (SSSR count). The van der Waals surface area contributed by atoms with Gasteiger partial charge in [0.15, 0.2) is 0 Å². The second-order valence-electron chi connectivity index (χ2n) is 8.26. The minimum atomic E-state index is -6.00. The SMILES string of the molecule is C1=Nc2ccccc2C=Nc2ccccc2C=Nc2ccccc2C=Nc2ccccc21.F[B-](F)(F)F.F[B-](F)(F)F.[Pd+2]. The monoisotopic (exact) mass is 692 g/mol. The van der Waals surface area contributed by atoms with Crippen molar-refractivity contribution in [2.24, 2.45) is 20.0 Å². The number of fused-ring (bicyclic) bond motifs is 4. The molecule has 1 aliphatic rings. The van der Waals surface area contributed by atoms with Crippen LogP contribution in [0.3, 0.4) is 0 Å². The van der Waals surface area contributed by atoms with E-state index in [0.717, 1.165) is 45.0 Å². The molecule has 0 aromatic heterocycles. The van der Waals surface area contributed by atoms with E-state index in [-0.39, 0.29) is 20.4 Å². The van der Waals surface area contributed by atoms with Gasteiger partial charge in [-0.05, 0) is 24.3 Å². The van der Waals surface area contributed by atoms with Crippen LogP contribution in [0.25, 0.3) is 0 Å². The zero-order chi connectivity index (χ0) is 30.6. The number of benzene rings is 4. The molecule has 4 aromatic carbocycles. The standard InChI is InChI=1S/C28H20N4.2BF4.Pd/c1-5-13-25-21(9-1)17-29-26-14-6-2-11-23(26)19-31-28-16-8-4-12-24(28)20-32-27-15-7-3-10-22(27)18-30-25;2*2-1(3,4)5;/h1-20H;;;/q;2*-1;+2. The predicted octanol–water partition coefficient (Wildman–Crippen LogP) is 9.60. The van der Waals surface area contributed by atoms with Crippen LogP contribution in [0.1, 0.15) is 22.3 Å². The van der Waals surface area contributed by atoms with Crippen LogP contribution in [0, 0.1) is 0 Å². The van der Waals surface area contributed by atoms with Crippen molar-refractivity contribution < 1.29 is 54.9 Å². The van der Waals surface area contributed by atoms with Crippen LogP contribution in [-0.4, -0.2) is 39.4 Å². The van der Waals surface area contributed by atoms with Gasteiger partial charge in [-0.1, -0.05) is 72.8 Å². The molecule has 0 unspecified atom stereocenters. The molecule has 1 aliphatic heterocycles. The van der Waals surface area contributed by atoms with Crippen LogP contribution >= 0.6 is 0 Å². The quantitative estimate of drug-likeness (QED) is 0.115. The molecular weight excluding hydrogens is 672 g/mol. The normalized spacial score (nSPS) is 12.1. The first-order valence-electron chi connectivity index (χ1n) is 12.1. The van der Waals surface area contributed by atoms with Crippen LogP contribution in [0.5, 0.6) is 0 Å². The third kappa shape index (κ3) is 13.5. The molecular formula is C28H20B2F8N4Pd. The van der Waals surface area contributed by atoms with Crippen LogP contribution in [0.4, 0.5) is 57.3 Å². The van der Waals surface area contributed by atoms with Crippen molar-refractivity contribution in [3.63, 3.8) is 0 Å². The van der Waals surface area contributed by atoms with Crippen molar-refractivity contribution in [2.45, 2.75) is 0 Å². The Morgan fingerprint density at radius 1 is 0.326 bits per heavy atom. The third-order valence-corrected chi connectivity index (χ3v) is 5.12. The minimum Gasteiger partial charge on any atom is -0.418 e. The summed E-state index contributed by atoms with van der Waals surface area (Å²) in [4.78, 5) is 19.0. The Morgan fingerprint density at radius 3 is 0.674 bits per heavy atom. The van der Waals surface area contributed by atoms with Gasteiger partial charge in [0.1, 0.15) is 0 Å². The topological polar surface area (TPSA) is 49.4 Å². The van der Waals surface area contributed by atoms with E-state index >= 15 is 0 Å². The Balaban J connectivity index is 0.000000511. The summed E-state index contributed by atoms with van der Waals surface area (Å²) in [6.45, 7) is 0. The molecule has 4 nitrogen and oxygen atoms in total. The van der Waals surface area contributed by atoms with E-state index in [1.165, 1.54) is 0 Å². The van der Waals surface area contributed by atoms with Gasteiger partial charge in [0, 0.05) is 47.1 Å². The van der Waals surface area contributed by atoms with Crippen LogP contribution in [-0.2, 0) is 20.4 Å². The molecule has 0 aliphatic carbocycles. The molecule has 0 amide bonds. The summed E-state index contributed by atoms with van der Waals surface area (Å²) in [6.07, 6.45) is 7.40. The smallest absolute Gasteiger partial charge is 0.418 e. The Kier molecular flexibility index (Phi) is 13.4. The van der Waals surface area contributed by atoms with Crippen molar-refractivity contribution in [1.29, 1.82) is 0 Å². The second-order valence-corrected chi connectivity index (χ2v) is 8.26. The first-order chi connectivity index (χ1) is 19.9. The predicted molar refractivity (Wildman–Crippen MR) is 155 cm³/mol. The molecule has 0 saturated carbocycles. The zero-order valence-electron chi connectivity index (χ0n) is 21.8. The van der Waals surface area contributed by atoms with E-state index < -0.39 is 14.5 Å². The average Bonchev–Trinajstić information content (AvgIpc) is 2.92. The summed E-state index contributed by atoms with van der Waals surface area (Å²) in [5.41, 5.74) is 7.14. The van der Waals surface area contributed by atoms with Crippen LogP contribution < -0.4 is 0 Å². The summed E-state index contributed by atoms with van der Waals surface area (Å²) in [6, 6.07) is 31.8. The maximum atomic E-state index is 9.75. The van der Waals surface area contributed by atoms with Gasteiger partial charge < -0.3 is 34.5 Å². The Bertz CT molecular complexity index is 1270. The van der Waals surface area contributed by atoms with Gasteiger partial charge in [-0.15, -0.1) is 0 Å². The largest absolute Gasteiger partial charge is 2.00 e. The van der Waals surface area contributed by atoms with Gasteiger partial charge in [-0.3, -0.25) is 20.0 Å². The van der Waals surface area contributed by atoms with E-state index in [1.54, 1.807) is 0 Å². The zero-order valence-corrected chi connectivity index (χ0v) is 23.4. The second kappa shape index (κ2) is 16.4. The van der Waals surface area contributed by atoms with Crippen molar-refractivity contribution >= 4 is 62.1 Å². The molecule has 0 atom stereocenters. The van der Waals surface area contributed by atoms with Gasteiger partial charge in [0.05, 0.1) is 22.7 Å². The summed E-state index contributed by atoms with van der Waals surface area (Å²) >= 11 is 0. The van der Waals surface area contributed by atoms with E-state index in [1.807, 2.05) is 122 Å². The van der Waals surface area contributed by atoms with E-state index in [0.29, 0.717) is 0 Å². The number of hydrogen-bond acceptors (Lipinski definition) is 4. The average molecular weight is 693 g/mol. The van der Waals surface area contributed by atoms with Gasteiger partial charge in [-0.2, -0.15) is 0 Å². The summed E-state index contributed by atoms with van der Waals surface area (Å²) in [5.74, 6) is 0. The first-order valence-corrected chi connectivity index (χ1v) is 12.1. The van der Waals surface area contributed by atoms with Crippen molar-refractivity contribution in [1.82, 2.24) is 0 Å². The molecule has 224 valence electrons. The molecule has 1 heterocycles. The van der Waals surface area contributed by atoms with E-state index in [2.05, 4.69) is 0 Å². The van der Waals surface area contributed by atoms with Crippen molar-refractivity contribution in [2.75, 3.05) is 0 Å². The fourth-order valence-corrected chi connectivity index (χ4v) is 3.41. The Hall–Kier alpha value is -4.21. The van der Waals surface area contributed by atoms with Crippen molar-refractivity contribution in [3.8, 4) is 0 Å². The molecule has 0 radical (unpaired) electrons. The number of halogens is 8. The molecule has 0 saturated heterocycles. The van der Waals surface area contributed by atoms with E-state index in [9.17, 15) is 34.5 Å². The van der Waals surface area contributed by atoms with Gasteiger partial charge in [0.2, 0.25) is 0 Å². The minimum absolute atomic E-state index is 0. The van der Waals surface area contributed by atoms with Gasteiger partial charge in [0.25, 0.3) is 0 Å². The fourth-order valence-electron chi connectivity index (χ4n) is 3.41. The van der Waals surface area contributed by atoms with Gasteiger partial charge in [-0.25, -0.2) is 0 Å². The number of aliphatic imine (C=N–C) groups is 4.